The van der Waals surface area contributed by atoms with Gasteiger partial charge >= 0.3 is 5.97 Å². The largest absolute Gasteiger partial charge is 0.508 e. The first-order chi connectivity index (χ1) is 16.5. The normalized spacial score (nSPS) is 23.4. The van der Waals surface area contributed by atoms with Crippen molar-refractivity contribution in [2.45, 2.75) is 69.8 Å². The van der Waals surface area contributed by atoms with Crippen molar-refractivity contribution < 1.29 is 19.4 Å². The molecule has 2 aromatic rings. The van der Waals surface area contributed by atoms with Gasteiger partial charge in [-0.05, 0) is 68.2 Å². The van der Waals surface area contributed by atoms with E-state index in [1.807, 2.05) is 25.1 Å². The van der Waals surface area contributed by atoms with Crippen LogP contribution in [0.1, 0.15) is 74.8 Å². The van der Waals surface area contributed by atoms with Gasteiger partial charge in [-0.25, -0.2) is 4.79 Å². The number of dihydropyridines is 1. The van der Waals surface area contributed by atoms with Gasteiger partial charge in [0.2, 0.25) is 0 Å². The van der Waals surface area contributed by atoms with E-state index in [4.69, 9.17) is 4.74 Å². The van der Waals surface area contributed by atoms with Gasteiger partial charge < -0.3 is 15.2 Å². The summed E-state index contributed by atoms with van der Waals surface area (Å²) in [6.45, 7) is 1.89. The van der Waals surface area contributed by atoms with Gasteiger partial charge in [0.25, 0.3) is 0 Å². The van der Waals surface area contributed by atoms with E-state index < -0.39 is 5.92 Å². The molecule has 0 bridgehead atoms. The molecule has 0 radical (unpaired) electrons. The third-order valence-corrected chi connectivity index (χ3v) is 7.37. The SMILES string of the molecule is CC1=C(C(=O)OC2CCCCC2)[C@@H](c2ccc(O)cc2)C2=C(C[C@H](c3ccccc3)CC2=O)N1. The number of carbonyl (C=O) groups excluding carboxylic acids is 2. The van der Waals surface area contributed by atoms with Crippen molar-refractivity contribution in [2.75, 3.05) is 0 Å². The van der Waals surface area contributed by atoms with Crippen molar-refractivity contribution in [3.05, 3.63) is 88.3 Å². The fourth-order valence-electron chi connectivity index (χ4n) is 5.67. The van der Waals surface area contributed by atoms with Crippen molar-refractivity contribution in [1.82, 2.24) is 5.32 Å². The van der Waals surface area contributed by atoms with E-state index in [0.717, 1.165) is 48.2 Å². The van der Waals surface area contributed by atoms with Crippen LogP contribution >= 0.6 is 0 Å². The van der Waals surface area contributed by atoms with Crippen molar-refractivity contribution >= 4 is 11.8 Å². The first-order valence-electron chi connectivity index (χ1n) is 12.3. The maximum absolute atomic E-state index is 13.6. The Labute approximate surface area is 200 Å². The summed E-state index contributed by atoms with van der Waals surface area (Å²) < 4.78 is 5.96. The molecule has 1 saturated carbocycles. The highest BCUT2D eigenvalue weighted by atomic mass is 16.5. The van der Waals surface area contributed by atoms with Crippen LogP contribution in [-0.2, 0) is 14.3 Å². The minimum absolute atomic E-state index is 0.0520. The number of phenols is 1. The van der Waals surface area contributed by atoms with Crippen LogP contribution in [0.15, 0.2) is 77.1 Å². The number of hydrogen-bond acceptors (Lipinski definition) is 5. The first-order valence-corrected chi connectivity index (χ1v) is 12.3. The zero-order valence-electron chi connectivity index (χ0n) is 19.5. The molecule has 0 amide bonds. The summed E-state index contributed by atoms with van der Waals surface area (Å²) in [5.41, 5.74) is 4.73. The Bertz CT molecular complexity index is 1140. The number of carbonyl (C=O) groups is 2. The average Bonchev–Trinajstić information content (AvgIpc) is 2.84. The summed E-state index contributed by atoms with van der Waals surface area (Å²) in [5.74, 6) is -0.546. The fraction of sp³-hybridized carbons (Fsp3) is 0.379. The van der Waals surface area contributed by atoms with Crippen molar-refractivity contribution in [1.29, 1.82) is 0 Å². The fourth-order valence-corrected chi connectivity index (χ4v) is 5.67. The number of hydrogen-bond donors (Lipinski definition) is 2. The van der Waals surface area contributed by atoms with E-state index in [1.54, 1.807) is 24.3 Å². The summed E-state index contributed by atoms with van der Waals surface area (Å²) in [4.78, 5) is 27.1. The Morgan fingerprint density at radius 3 is 2.35 bits per heavy atom. The quantitative estimate of drug-likeness (QED) is 0.582. The molecule has 5 nitrogen and oxygen atoms in total. The summed E-state index contributed by atoms with van der Waals surface area (Å²) in [6.07, 6.45) is 6.16. The molecular formula is C29H31NO4. The third-order valence-electron chi connectivity index (χ3n) is 7.37. The van der Waals surface area contributed by atoms with Gasteiger partial charge in [-0.1, -0.05) is 48.9 Å². The molecule has 1 fully saturated rings. The van der Waals surface area contributed by atoms with Crippen molar-refractivity contribution in [2.24, 2.45) is 0 Å². The number of benzene rings is 2. The lowest BCUT2D eigenvalue weighted by Crippen LogP contribution is -2.37. The van der Waals surface area contributed by atoms with Crippen LogP contribution in [-0.4, -0.2) is 23.0 Å². The Morgan fingerprint density at radius 1 is 0.941 bits per heavy atom. The zero-order valence-corrected chi connectivity index (χ0v) is 19.5. The number of phenolic OH excluding ortho intramolecular Hbond substituents is 1. The monoisotopic (exact) mass is 457 g/mol. The topological polar surface area (TPSA) is 75.6 Å². The minimum atomic E-state index is -0.503. The van der Waals surface area contributed by atoms with Gasteiger partial charge in [0.15, 0.2) is 5.78 Å². The van der Waals surface area contributed by atoms with Crippen LogP contribution in [0.3, 0.4) is 0 Å². The number of allylic oxidation sites excluding steroid dienone is 3. The second-order valence-corrected chi connectivity index (χ2v) is 9.68. The standard InChI is InChI=1S/C29H31NO4/c1-18-26(29(33)34-23-10-6-3-7-11-23)27(20-12-14-22(31)15-13-20)28-24(30-18)16-21(17-25(28)32)19-8-4-2-5-9-19/h2,4-5,8-9,12-15,21,23,27,30-31H,3,6-7,10-11,16-17H2,1H3/t21-,27+/m0/s1. The molecule has 176 valence electrons. The number of ketones is 1. The van der Waals surface area contributed by atoms with E-state index in [-0.39, 0.29) is 29.5 Å². The van der Waals surface area contributed by atoms with Crippen molar-refractivity contribution in [3.8, 4) is 5.75 Å². The molecule has 2 aliphatic carbocycles. The predicted octanol–water partition coefficient (Wildman–Crippen LogP) is 5.63. The van der Waals surface area contributed by atoms with Crippen LogP contribution in [0, 0.1) is 0 Å². The summed E-state index contributed by atoms with van der Waals surface area (Å²) >= 11 is 0. The molecule has 2 N–H and O–H groups in total. The van der Waals surface area contributed by atoms with E-state index >= 15 is 0 Å². The molecule has 1 aliphatic heterocycles. The molecule has 0 unspecified atom stereocenters. The summed E-state index contributed by atoms with van der Waals surface area (Å²) in [5, 5.41) is 13.3. The number of Topliss-reactive ketones (excluding diaryl/α,β-unsaturated/α-hetero) is 1. The Balaban J connectivity index is 1.52. The van der Waals surface area contributed by atoms with Crippen LogP contribution in [0.4, 0.5) is 0 Å². The van der Waals surface area contributed by atoms with Gasteiger partial charge in [-0.2, -0.15) is 0 Å². The van der Waals surface area contributed by atoms with E-state index in [9.17, 15) is 14.7 Å². The number of ether oxygens (including phenoxy) is 1. The lowest BCUT2D eigenvalue weighted by atomic mass is 9.71. The Kier molecular flexibility index (Phi) is 6.27. The molecular weight excluding hydrogens is 426 g/mol. The van der Waals surface area contributed by atoms with Gasteiger partial charge in [-0.3, -0.25) is 4.79 Å². The van der Waals surface area contributed by atoms with Gasteiger partial charge in [0.1, 0.15) is 11.9 Å². The van der Waals surface area contributed by atoms with Crippen molar-refractivity contribution in [3.63, 3.8) is 0 Å². The maximum Gasteiger partial charge on any atom is 0.337 e. The first kappa shape index (κ1) is 22.5. The molecule has 0 saturated heterocycles. The van der Waals surface area contributed by atoms with E-state index in [0.29, 0.717) is 24.0 Å². The molecule has 3 aliphatic rings. The van der Waals surface area contributed by atoms with Gasteiger partial charge in [0.05, 0.1) is 5.57 Å². The molecule has 0 spiro atoms. The van der Waals surface area contributed by atoms with Gasteiger partial charge in [-0.15, -0.1) is 0 Å². The highest BCUT2D eigenvalue weighted by Crippen LogP contribution is 2.46. The van der Waals surface area contributed by atoms with E-state index in [2.05, 4.69) is 17.4 Å². The number of nitrogens with one attached hydrogen (secondary N) is 1. The molecule has 1 heterocycles. The van der Waals surface area contributed by atoms with Crippen LogP contribution in [0.2, 0.25) is 0 Å². The highest BCUT2D eigenvalue weighted by Gasteiger charge is 2.41. The minimum Gasteiger partial charge on any atom is -0.508 e. The molecule has 2 atom stereocenters. The van der Waals surface area contributed by atoms with Crippen LogP contribution in [0.25, 0.3) is 0 Å². The van der Waals surface area contributed by atoms with Crippen LogP contribution < -0.4 is 5.32 Å². The Hall–Kier alpha value is -3.34. The zero-order chi connectivity index (χ0) is 23.7. The van der Waals surface area contributed by atoms with Gasteiger partial charge in [0, 0.05) is 29.3 Å². The number of esters is 1. The summed E-state index contributed by atoms with van der Waals surface area (Å²) in [6, 6.07) is 16.9. The van der Waals surface area contributed by atoms with E-state index in [1.165, 1.54) is 6.42 Å². The lowest BCUT2D eigenvalue weighted by molar-refractivity contribution is -0.146. The predicted molar refractivity (Wildman–Crippen MR) is 130 cm³/mol. The molecule has 5 rings (SSSR count). The number of rotatable bonds is 4. The smallest absolute Gasteiger partial charge is 0.337 e. The maximum atomic E-state index is 13.6. The number of aromatic hydroxyl groups is 1. The highest BCUT2D eigenvalue weighted by molar-refractivity contribution is 6.04. The molecule has 34 heavy (non-hydrogen) atoms. The summed E-state index contributed by atoms with van der Waals surface area (Å²) in [7, 11) is 0. The second-order valence-electron chi connectivity index (χ2n) is 9.68. The third kappa shape index (κ3) is 4.39. The lowest BCUT2D eigenvalue weighted by Gasteiger charge is -2.37. The average molecular weight is 458 g/mol. The van der Waals surface area contributed by atoms with Crippen LogP contribution in [0.5, 0.6) is 5.75 Å². The second kappa shape index (κ2) is 9.49. The Morgan fingerprint density at radius 2 is 1.65 bits per heavy atom. The molecule has 0 aromatic heterocycles. The molecule has 5 heteroatoms. The molecule has 2 aromatic carbocycles.